The molecule has 0 aliphatic carbocycles. The van der Waals surface area contributed by atoms with Gasteiger partial charge in [0.15, 0.2) is 0 Å². The Morgan fingerprint density at radius 2 is 1.77 bits per heavy atom. The van der Waals surface area contributed by atoms with Crippen molar-refractivity contribution in [3.63, 3.8) is 0 Å². The Hall–Kier alpha value is -3.06. The van der Waals surface area contributed by atoms with Crippen LogP contribution in [-0.2, 0) is 11.3 Å². The molecule has 0 radical (unpaired) electrons. The summed E-state index contributed by atoms with van der Waals surface area (Å²) < 4.78 is 0. The lowest BCUT2D eigenvalue weighted by molar-refractivity contribution is -0.145. The largest absolute Gasteiger partial charge is 0.480 e. The molecule has 1 unspecified atom stereocenters. The first-order valence-electron chi connectivity index (χ1n) is 10.9. The number of benzene rings is 2. The van der Waals surface area contributed by atoms with Crippen LogP contribution in [0.3, 0.4) is 0 Å². The Kier molecular flexibility index (Phi) is 7.89. The Morgan fingerprint density at radius 1 is 1.06 bits per heavy atom. The molecule has 0 saturated carbocycles. The third-order valence-electron chi connectivity index (χ3n) is 5.49. The number of H-pyrrole nitrogens is 1. The molecule has 1 atom stereocenters. The summed E-state index contributed by atoms with van der Waals surface area (Å²) in [5.41, 5.74) is 4.10. The molecule has 0 amide bonds. The molecule has 7 heteroatoms. The van der Waals surface area contributed by atoms with E-state index in [1.807, 2.05) is 38.1 Å². The number of hydrogen-bond donors (Lipinski definition) is 2. The quantitative estimate of drug-likeness (QED) is 0.438. The molecule has 2 N–H and O–H groups in total. The summed E-state index contributed by atoms with van der Waals surface area (Å²) in [7, 11) is 0. The molecule has 31 heavy (non-hydrogen) atoms. The third kappa shape index (κ3) is 5.76. The van der Waals surface area contributed by atoms with Crippen molar-refractivity contribution in [3.05, 3.63) is 54.1 Å². The van der Waals surface area contributed by atoms with Gasteiger partial charge >= 0.3 is 5.97 Å². The van der Waals surface area contributed by atoms with Crippen LogP contribution in [0.5, 0.6) is 0 Å². The van der Waals surface area contributed by atoms with Gasteiger partial charge in [-0.1, -0.05) is 82.1 Å². The highest BCUT2D eigenvalue weighted by molar-refractivity contribution is 5.80. The Labute approximate surface area is 183 Å². The molecule has 0 bridgehead atoms. The lowest BCUT2D eigenvalue weighted by Gasteiger charge is -2.31. The highest BCUT2D eigenvalue weighted by Gasteiger charge is 2.28. The number of carboxylic acids is 1. The maximum Gasteiger partial charge on any atom is 0.321 e. The van der Waals surface area contributed by atoms with Gasteiger partial charge in [0.1, 0.15) is 6.04 Å². The molecule has 164 valence electrons. The second kappa shape index (κ2) is 10.8. The fraction of sp³-hybridized carbons (Fsp3) is 0.417. The third-order valence-corrected chi connectivity index (χ3v) is 5.49. The van der Waals surface area contributed by atoms with E-state index in [0.717, 1.165) is 48.1 Å². The molecular formula is C24H31N5O2. The summed E-state index contributed by atoms with van der Waals surface area (Å²) in [6.07, 6.45) is 3.22. The van der Waals surface area contributed by atoms with Gasteiger partial charge in [-0.05, 0) is 40.8 Å². The van der Waals surface area contributed by atoms with Gasteiger partial charge in [-0.15, -0.1) is 10.2 Å². The minimum atomic E-state index is -0.753. The molecular weight excluding hydrogens is 390 g/mol. The number of aromatic amines is 1. The fourth-order valence-electron chi connectivity index (χ4n) is 3.97. The molecule has 3 rings (SSSR count). The molecule has 2 aromatic carbocycles. The van der Waals surface area contributed by atoms with Crippen LogP contribution in [0.2, 0.25) is 0 Å². The van der Waals surface area contributed by atoms with Crippen molar-refractivity contribution in [2.24, 2.45) is 5.92 Å². The SMILES string of the molecule is CCCCCN(Cc1ccc(-c2ccccc2-c2nn[nH]n2)cc1)C(C(=O)O)C(C)C. The molecule has 3 aromatic rings. The van der Waals surface area contributed by atoms with E-state index < -0.39 is 12.0 Å². The summed E-state index contributed by atoms with van der Waals surface area (Å²) in [6, 6.07) is 15.8. The van der Waals surface area contributed by atoms with Crippen molar-refractivity contribution in [3.8, 4) is 22.5 Å². The van der Waals surface area contributed by atoms with Gasteiger partial charge in [-0.25, -0.2) is 0 Å². The minimum absolute atomic E-state index is 0.0419. The molecule has 0 aliphatic rings. The number of tetrazole rings is 1. The van der Waals surface area contributed by atoms with E-state index in [1.54, 1.807) is 0 Å². The van der Waals surface area contributed by atoms with Crippen molar-refractivity contribution in [2.45, 2.75) is 52.6 Å². The molecule has 0 fully saturated rings. The summed E-state index contributed by atoms with van der Waals surface area (Å²) >= 11 is 0. The van der Waals surface area contributed by atoms with Crippen molar-refractivity contribution in [1.82, 2.24) is 25.5 Å². The summed E-state index contributed by atoms with van der Waals surface area (Å²) in [5.74, 6) is -0.152. The number of carbonyl (C=O) groups is 1. The van der Waals surface area contributed by atoms with Crippen LogP contribution in [0.4, 0.5) is 0 Å². The number of aromatic nitrogens is 4. The number of rotatable bonds is 11. The fourth-order valence-corrected chi connectivity index (χ4v) is 3.97. The van der Waals surface area contributed by atoms with Crippen LogP contribution < -0.4 is 0 Å². The van der Waals surface area contributed by atoms with Crippen molar-refractivity contribution in [1.29, 1.82) is 0 Å². The predicted molar refractivity (Wildman–Crippen MR) is 121 cm³/mol. The Morgan fingerprint density at radius 3 is 2.35 bits per heavy atom. The first kappa shape index (κ1) is 22.6. The van der Waals surface area contributed by atoms with Gasteiger partial charge < -0.3 is 5.11 Å². The van der Waals surface area contributed by atoms with Crippen molar-refractivity contribution in [2.75, 3.05) is 6.54 Å². The van der Waals surface area contributed by atoms with E-state index in [-0.39, 0.29) is 5.92 Å². The van der Waals surface area contributed by atoms with E-state index in [2.05, 4.69) is 56.7 Å². The van der Waals surface area contributed by atoms with Gasteiger partial charge in [-0.2, -0.15) is 5.21 Å². The summed E-state index contributed by atoms with van der Waals surface area (Å²) in [5, 5.41) is 24.2. The molecule has 0 spiro atoms. The van der Waals surface area contributed by atoms with E-state index in [9.17, 15) is 9.90 Å². The van der Waals surface area contributed by atoms with Gasteiger partial charge in [0.05, 0.1) is 0 Å². The van der Waals surface area contributed by atoms with Gasteiger partial charge in [0.2, 0.25) is 5.82 Å². The van der Waals surface area contributed by atoms with Crippen LogP contribution in [0.1, 0.15) is 45.6 Å². The van der Waals surface area contributed by atoms with E-state index in [4.69, 9.17) is 0 Å². The molecule has 0 saturated heterocycles. The molecule has 1 heterocycles. The number of unbranched alkanes of at least 4 members (excludes halogenated alkanes) is 2. The zero-order valence-electron chi connectivity index (χ0n) is 18.5. The van der Waals surface area contributed by atoms with Crippen LogP contribution in [0.25, 0.3) is 22.5 Å². The average Bonchev–Trinajstić information content (AvgIpc) is 3.29. The predicted octanol–water partition coefficient (Wildman–Crippen LogP) is 4.64. The van der Waals surface area contributed by atoms with E-state index >= 15 is 0 Å². The molecule has 7 nitrogen and oxygen atoms in total. The van der Waals surface area contributed by atoms with Crippen LogP contribution in [0.15, 0.2) is 48.5 Å². The number of hydrogen-bond acceptors (Lipinski definition) is 5. The first-order chi connectivity index (χ1) is 15.0. The first-order valence-corrected chi connectivity index (χ1v) is 10.9. The van der Waals surface area contributed by atoms with Crippen LogP contribution >= 0.6 is 0 Å². The second-order valence-electron chi connectivity index (χ2n) is 8.18. The monoisotopic (exact) mass is 421 g/mol. The second-order valence-corrected chi connectivity index (χ2v) is 8.18. The lowest BCUT2D eigenvalue weighted by Crippen LogP contribution is -2.44. The number of aliphatic carboxylic acids is 1. The molecule has 0 aliphatic heterocycles. The molecule has 1 aromatic heterocycles. The summed E-state index contributed by atoms with van der Waals surface area (Å²) in [6.45, 7) is 7.51. The average molecular weight is 422 g/mol. The zero-order chi connectivity index (χ0) is 22.2. The van der Waals surface area contributed by atoms with Crippen molar-refractivity contribution >= 4 is 5.97 Å². The minimum Gasteiger partial charge on any atom is -0.480 e. The van der Waals surface area contributed by atoms with E-state index in [0.29, 0.717) is 12.4 Å². The number of carboxylic acid groups (broad SMARTS) is 1. The van der Waals surface area contributed by atoms with Crippen LogP contribution in [0, 0.1) is 5.92 Å². The number of nitrogens with zero attached hydrogens (tertiary/aromatic N) is 4. The zero-order valence-corrected chi connectivity index (χ0v) is 18.5. The van der Waals surface area contributed by atoms with Crippen molar-refractivity contribution < 1.29 is 9.90 Å². The highest BCUT2D eigenvalue weighted by Crippen LogP contribution is 2.30. The maximum atomic E-state index is 11.9. The summed E-state index contributed by atoms with van der Waals surface area (Å²) in [4.78, 5) is 14.0. The van der Waals surface area contributed by atoms with Gasteiger partial charge in [0, 0.05) is 12.1 Å². The Balaban J connectivity index is 1.82. The van der Waals surface area contributed by atoms with Gasteiger partial charge in [-0.3, -0.25) is 9.69 Å². The van der Waals surface area contributed by atoms with Crippen LogP contribution in [-0.4, -0.2) is 49.2 Å². The number of nitrogens with one attached hydrogen (secondary N) is 1. The normalized spacial score (nSPS) is 12.4. The van der Waals surface area contributed by atoms with Gasteiger partial charge in [0.25, 0.3) is 0 Å². The topological polar surface area (TPSA) is 95.0 Å². The standard InChI is InChI=1S/C24H31N5O2/c1-4-5-8-15-29(22(17(2)3)24(30)31)16-18-11-13-19(14-12-18)20-9-6-7-10-21(20)23-25-27-28-26-23/h6-7,9-14,17,22H,4-5,8,15-16H2,1-3H3,(H,30,31)(H,25,26,27,28). The smallest absolute Gasteiger partial charge is 0.321 e. The van der Waals surface area contributed by atoms with E-state index in [1.165, 1.54) is 0 Å². The maximum absolute atomic E-state index is 11.9. The Bertz CT molecular complexity index is 954. The lowest BCUT2D eigenvalue weighted by atomic mass is 9.97. The highest BCUT2D eigenvalue weighted by atomic mass is 16.4.